The Hall–Kier alpha value is -2.53. The number of halogens is 1. The van der Waals surface area contributed by atoms with Crippen molar-refractivity contribution in [2.45, 2.75) is 0 Å². The highest BCUT2D eigenvalue weighted by atomic mass is 35.5. The molecule has 5 nitrogen and oxygen atoms in total. The first kappa shape index (κ1) is 12.5. The summed E-state index contributed by atoms with van der Waals surface area (Å²) >= 11 is 6.12. The van der Waals surface area contributed by atoms with Crippen LogP contribution >= 0.6 is 11.6 Å². The van der Waals surface area contributed by atoms with Crippen LogP contribution < -0.4 is 5.32 Å². The second-order valence-corrected chi connectivity index (χ2v) is 4.50. The van der Waals surface area contributed by atoms with Crippen molar-refractivity contribution in [1.82, 2.24) is 9.97 Å². The average molecular weight is 285 g/mol. The van der Waals surface area contributed by atoms with E-state index in [0.29, 0.717) is 22.2 Å². The van der Waals surface area contributed by atoms with Crippen LogP contribution in [-0.2, 0) is 0 Å². The maximum Gasteiger partial charge on any atom is 0.161 e. The molecular formula is C14H9ClN4O. The molecular weight excluding hydrogens is 276 g/mol. The number of nitroso groups, excluding NO2 is 1. The predicted octanol–water partition coefficient (Wildman–Crippen LogP) is 4.42. The van der Waals surface area contributed by atoms with E-state index in [4.69, 9.17) is 11.6 Å². The zero-order valence-corrected chi connectivity index (χ0v) is 11.0. The third-order valence-corrected chi connectivity index (χ3v) is 3.11. The van der Waals surface area contributed by atoms with Crippen LogP contribution in [-0.4, -0.2) is 9.97 Å². The van der Waals surface area contributed by atoms with Crippen molar-refractivity contribution in [3.05, 3.63) is 58.6 Å². The molecule has 20 heavy (non-hydrogen) atoms. The summed E-state index contributed by atoms with van der Waals surface area (Å²) in [4.78, 5) is 19.2. The molecule has 3 rings (SSSR count). The quantitative estimate of drug-likeness (QED) is 0.723. The fourth-order valence-corrected chi connectivity index (χ4v) is 2.09. The second kappa shape index (κ2) is 5.22. The zero-order valence-electron chi connectivity index (χ0n) is 10.2. The van der Waals surface area contributed by atoms with Crippen LogP contribution in [0.15, 0.2) is 53.8 Å². The van der Waals surface area contributed by atoms with Gasteiger partial charge < -0.3 is 5.32 Å². The fourth-order valence-electron chi connectivity index (χ4n) is 1.87. The van der Waals surface area contributed by atoms with Gasteiger partial charge in [-0.15, -0.1) is 4.91 Å². The lowest BCUT2D eigenvalue weighted by atomic mass is 10.2. The molecule has 0 unspecified atom stereocenters. The highest BCUT2D eigenvalue weighted by Crippen LogP contribution is 2.27. The SMILES string of the molecule is O=Nc1cccnc1Nc1ccc2cccc(Cl)c2n1. The number of anilines is 2. The summed E-state index contributed by atoms with van der Waals surface area (Å²) in [6, 6.07) is 12.5. The first-order valence-electron chi connectivity index (χ1n) is 5.88. The maximum atomic E-state index is 10.7. The van der Waals surface area contributed by atoms with Crippen molar-refractivity contribution in [1.29, 1.82) is 0 Å². The predicted molar refractivity (Wildman–Crippen MR) is 79.7 cm³/mol. The van der Waals surface area contributed by atoms with Crippen LogP contribution in [0.1, 0.15) is 0 Å². The molecule has 2 heterocycles. The van der Waals surface area contributed by atoms with Gasteiger partial charge >= 0.3 is 0 Å². The molecule has 0 bridgehead atoms. The highest BCUT2D eigenvalue weighted by Gasteiger charge is 2.06. The molecule has 1 N–H and O–H groups in total. The third kappa shape index (κ3) is 2.31. The number of nitrogens with zero attached hydrogens (tertiary/aromatic N) is 3. The maximum absolute atomic E-state index is 10.7. The number of nitrogens with one attached hydrogen (secondary N) is 1. The summed E-state index contributed by atoms with van der Waals surface area (Å²) in [5.41, 5.74) is 0.921. The van der Waals surface area contributed by atoms with Crippen LogP contribution in [0.5, 0.6) is 0 Å². The lowest BCUT2D eigenvalue weighted by Crippen LogP contribution is -1.96. The van der Waals surface area contributed by atoms with E-state index in [2.05, 4.69) is 20.5 Å². The molecule has 6 heteroatoms. The number of para-hydroxylation sites is 1. The summed E-state index contributed by atoms with van der Waals surface area (Å²) in [5, 5.41) is 7.40. The number of benzene rings is 1. The molecule has 1 aromatic carbocycles. The minimum atomic E-state index is 0.230. The van der Waals surface area contributed by atoms with Gasteiger partial charge in [-0.2, -0.15) is 0 Å². The third-order valence-electron chi connectivity index (χ3n) is 2.80. The molecule has 0 aliphatic rings. The molecule has 0 spiro atoms. The Morgan fingerprint density at radius 3 is 2.85 bits per heavy atom. The second-order valence-electron chi connectivity index (χ2n) is 4.10. The average Bonchev–Trinajstić information content (AvgIpc) is 2.49. The molecule has 0 radical (unpaired) electrons. The molecule has 2 aromatic heterocycles. The topological polar surface area (TPSA) is 67.2 Å². The molecule has 0 saturated heterocycles. The van der Waals surface area contributed by atoms with Gasteiger partial charge in [0.2, 0.25) is 0 Å². The van der Waals surface area contributed by atoms with Crippen LogP contribution in [0, 0.1) is 4.91 Å². The summed E-state index contributed by atoms with van der Waals surface area (Å²) in [6.07, 6.45) is 1.57. The van der Waals surface area contributed by atoms with E-state index in [1.807, 2.05) is 18.2 Å². The first-order valence-corrected chi connectivity index (χ1v) is 6.26. The Bertz CT molecular complexity index is 791. The molecule has 0 amide bonds. The summed E-state index contributed by atoms with van der Waals surface area (Å²) in [6.45, 7) is 0. The minimum absolute atomic E-state index is 0.230. The van der Waals surface area contributed by atoms with E-state index in [1.54, 1.807) is 30.5 Å². The Labute approximate surface area is 119 Å². The molecule has 98 valence electrons. The Kier molecular flexibility index (Phi) is 3.26. The van der Waals surface area contributed by atoms with Crippen molar-refractivity contribution in [3.8, 4) is 0 Å². The van der Waals surface area contributed by atoms with Crippen molar-refractivity contribution in [3.63, 3.8) is 0 Å². The van der Waals surface area contributed by atoms with E-state index in [0.717, 1.165) is 5.39 Å². The lowest BCUT2D eigenvalue weighted by Gasteiger charge is -2.07. The van der Waals surface area contributed by atoms with E-state index in [-0.39, 0.29) is 5.69 Å². The van der Waals surface area contributed by atoms with Gasteiger partial charge in [0.25, 0.3) is 0 Å². The van der Waals surface area contributed by atoms with E-state index >= 15 is 0 Å². The van der Waals surface area contributed by atoms with Gasteiger partial charge in [0.1, 0.15) is 5.82 Å². The number of hydrogen-bond acceptors (Lipinski definition) is 5. The monoisotopic (exact) mass is 284 g/mol. The number of aromatic nitrogens is 2. The van der Waals surface area contributed by atoms with Crippen LogP contribution in [0.25, 0.3) is 10.9 Å². The normalized spacial score (nSPS) is 10.4. The van der Waals surface area contributed by atoms with Gasteiger partial charge in [0.05, 0.1) is 10.5 Å². The fraction of sp³-hybridized carbons (Fsp3) is 0. The van der Waals surface area contributed by atoms with Gasteiger partial charge in [-0.3, -0.25) is 0 Å². The molecule has 0 aliphatic carbocycles. The number of pyridine rings is 2. The van der Waals surface area contributed by atoms with Gasteiger partial charge in [0.15, 0.2) is 11.5 Å². The number of fused-ring (bicyclic) bond motifs is 1. The molecule has 3 aromatic rings. The number of rotatable bonds is 3. The van der Waals surface area contributed by atoms with Crippen molar-refractivity contribution in [2.75, 3.05) is 5.32 Å². The van der Waals surface area contributed by atoms with Gasteiger partial charge in [-0.1, -0.05) is 23.7 Å². The van der Waals surface area contributed by atoms with E-state index in [9.17, 15) is 4.91 Å². The Balaban J connectivity index is 2.03. The van der Waals surface area contributed by atoms with Crippen molar-refractivity contribution >= 4 is 39.8 Å². The van der Waals surface area contributed by atoms with Gasteiger partial charge in [-0.25, -0.2) is 9.97 Å². The minimum Gasteiger partial charge on any atom is -0.323 e. The number of hydrogen-bond donors (Lipinski definition) is 1. The zero-order chi connectivity index (χ0) is 13.9. The Morgan fingerprint density at radius 1 is 1.10 bits per heavy atom. The highest BCUT2D eigenvalue weighted by molar-refractivity contribution is 6.35. The van der Waals surface area contributed by atoms with Crippen LogP contribution in [0.2, 0.25) is 5.02 Å². The van der Waals surface area contributed by atoms with E-state index in [1.165, 1.54) is 0 Å². The van der Waals surface area contributed by atoms with E-state index < -0.39 is 0 Å². The lowest BCUT2D eigenvalue weighted by molar-refractivity contribution is 1.26. The van der Waals surface area contributed by atoms with Crippen molar-refractivity contribution in [2.24, 2.45) is 5.18 Å². The summed E-state index contributed by atoms with van der Waals surface area (Å²) in [7, 11) is 0. The summed E-state index contributed by atoms with van der Waals surface area (Å²) < 4.78 is 0. The first-order chi connectivity index (χ1) is 9.78. The largest absolute Gasteiger partial charge is 0.323 e. The summed E-state index contributed by atoms with van der Waals surface area (Å²) in [5.74, 6) is 0.913. The molecule has 0 atom stereocenters. The van der Waals surface area contributed by atoms with Gasteiger partial charge in [0, 0.05) is 11.6 Å². The molecule has 0 fully saturated rings. The molecule has 0 saturated carbocycles. The smallest absolute Gasteiger partial charge is 0.161 e. The Morgan fingerprint density at radius 2 is 2.00 bits per heavy atom. The van der Waals surface area contributed by atoms with Crippen molar-refractivity contribution < 1.29 is 0 Å². The van der Waals surface area contributed by atoms with Crippen LogP contribution in [0.4, 0.5) is 17.3 Å². The van der Waals surface area contributed by atoms with Gasteiger partial charge in [-0.05, 0) is 35.5 Å². The standard InChI is InChI=1S/C14H9ClN4O/c15-10-4-1-3-9-6-7-12(17-13(9)10)18-14-11(19-20)5-2-8-16-14/h1-8H,(H,16,17,18). The van der Waals surface area contributed by atoms with Crippen LogP contribution in [0.3, 0.4) is 0 Å². The molecule has 0 aliphatic heterocycles.